The number of morpholine rings is 1. The van der Waals surface area contributed by atoms with Crippen LogP contribution in [0.5, 0.6) is 0 Å². The molecule has 2 aromatic heterocycles. The van der Waals surface area contributed by atoms with Gasteiger partial charge in [0.25, 0.3) is 11.5 Å². The fourth-order valence-electron chi connectivity index (χ4n) is 5.72. The zero-order valence-electron chi connectivity index (χ0n) is 16.3. The molecule has 6 heterocycles. The quantitative estimate of drug-likeness (QED) is 0.777. The minimum absolute atomic E-state index is 0.133. The Bertz CT molecular complexity index is 1000. The highest BCUT2D eigenvalue weighted by atomic mass is 32.1. The molecule has 0 aliphatic carbocycles. The number of amides is 1. The molecule has 4 aliphatic heterocycles. The molecule has 6 nitrogen and oxygen atoms in total. The first kappa shape index (κ1) is 17.9. The fraction of sp³-hybridized carbons (Fsp3) is 0.545. The van der Waals surface area contributed by atoms with E-state index < -0.39 is 0 Å². The van der Waals surface area contributed by atoms with E-state index in [0.717, 1.165) is 61.8 Å². The number of rotatable bonds is 3. The lowest BCUT2D eigenvalue weighted by Gasteiger charge is -2.43. The highest BCUT2D eigenvalue weighted by Crippen LogP contribution is 2.36. The first-order chi connectivity index (χ1) is 14.2. The lowest BCUT2D eigenvalue weighted by molar-refractivity contribution is 0.0270. The topological polar surface area (TPSA) is 54.8 Å². The molecule has 3 saturated heterocycles. The van der Waals surface area contributed by atoms with Gasteiger partial charge in [0.1, 0.15) is 0 Å². The molecule has 4 bridgehead atoms. The van der Waals surface area contributed by atoms with Crippen LogP contribution in [-0.2, 0) is 17.8 Å². The molecule has 0 spiro atoms. The number of carbonyl (C=O) groups is 1. The van der Waals surface area contributed by atoms with Gasteiger partial charge in [0.2, 0.25) is 0 Å². The van der Waals surface area contributed by atoms with Crippen LogP contribution in [0, 0.1) is 5.92 Å². The molecule has 0 unspecified atom stereocenters. The molecule has 4 aliphatic rings. The number of hydrogen-bond donors (Lipinski definition) is 0. The Hall–Kier alpha value is -1.96. The zero-order valence-corrected chi connectivity index (χ0v) is 17.1. The summed E-state index contributed by atoms with van der Waals surface area (Å²) in [6, 6.07) is 8.47. The van der Waals surface area contributed by atoms with Crippen molar-refractivity contribution in [2.75, 3.05) is 26.2 Å². The third kappa shape index (κ3) is 2.98. The van der Waals surface area contributed by atoms with E-state index in [-0.39, 0.29) is 17.4 Å². The second-order valence-electron chi connectivity index (χ2n) is 8.96. The van der Waals surface area contributed by atoms with E-state index in [1.807, 2.05) is 33.0 Å². The van der Waals surface area contributed by atoms with Gasteiger partial charge in [-0.05, 0) is 36.3 Å². The fourth-order valence-corrected chi connectivity index (χ4v) is 6.42. The number of likely N-dealkylation sites (tertiary alicyclic amines) is 2. The maximum Gasteiger partial charge on any atom is 0.263 e. The van der Waals surface area contributed by atoms with Crippen LogP contribution in [0.2, 0.25) is 0 Å². The van der Waals surface area contributed by atoms with Crippen LogP contribution in [0.3, 0.4) is 0 Å². The first-order valence-electron chi connectivity index (χ1n) is 10.6. The third-order valence-corrected chi connectivity index (χ3v) is 7.95. The Morgan fingerprint density at radius 2 is 2.07 bits per heavy atom. The number of ether oxygens (including phenoxy) is 1. The van der Waals surface area contributed by atoms with Gasteiger partial charge < -0.3 is 14.2 Å². The Morgan fingerprint density at radius 1 is 1.14 bits per heavy atom. The average Bonchev–Trinajstić information content (AvgIpc) is 3.48. The number of nitrogens with zero attached hydrogens (tertiary/aromatic N) is 3. The smallest absolute Gasteiger partial charge is 0.263 e. The number of fused-ring (bicyclic) bond motifs is 6. The molecule has 1 amide bonds. The molecule has 3 fully saturated rings. The lowest BCUT2D eigenvalue weighted by Crippen LogP contribution is -2.49. The van der Waals surface area contributed by atoms with Crippen molar-refractivity contribution in [3.05, 3.63) is 56.1 Å². The van der Waals surface area contributed by atoms with Gasteiger partial charge in [-0.2, -0.15) is 0 Å². The summed E-state index contributed by atoms with van der Waals surface area (Å²) in [4.78, 5) is 31.3. The molecule has 0 saturated carbocycles. The van der Waals surface area contributed by atoms with E-state index in [1.54, 1.807) is 0 Å². The monoisotopic (exact) mass is 411 g/mol. The number of aromatic nitrogens is 1. The molecule has 2 aromatic rings. The van der Waals surface area contributed by atoms with Gasteiger partial charge in [-0.3, -0.25) is 14.5 Å². The Balaban J connectivity index is 1.25. The number of carbonyl (C=O) groups excluding carboxylic acids is 1. The van der Waals surface area contributed by atoms with Crippen LogP contribution in [0.25, 0.3) is 0 Å². The summed E-state index contributed by atoms with van der Waals surface area (Å²) in [6.45, 7) is 4.64. The van der Waals surface area contributed by atoms with Crippen molar-refractivity contribution in [1.29, 1.82) is 0 Å². The van der Waals surface area contributed by atoms with E-state index in [0.29, 0.717) is 24.6 Å². The minimum atomic E-state index is 0.133. The SMILES string of the molecule is O=C(c1cccs1)N1C[C@@H]2C[C@H](C1)c1ccc(CN3C[C@H]4C[C@@H]3CO4)c(=O)n1C2. The standard InChI is InChI=1S/C22H25N3O3S/c26-21-15(10-23-12-18-7-17(23)13-28-18)3-4-19-16-6-14(9-25(19)21)8-24(11-16)22(27)20-2-1-5-29-20/h1-5,14,16-18H,6-13H2/t14-,16+,17+,18+/m0/s1. The van der Waals surface area contributed by atoms with Crippen molar-refractivity contribution >= 4 is 17.2 Å². The highest BCUT2D eigenvalue weighted by molar-refractivity contribution is 7.12. The van der Waals surface area contributed by atoms with Crippen molar-refractivity contribution < 1.29 is 9.53 Å². The summed E-state index contributed by atoms with van der Waals surface area (Å²) < 4.78 is 7.70. The minimum Gasteiger partial charge on any atom is -0.375 e. The Morgan fingerprint density at radius 3 is 2.83 bits per heavy atom. The molecule has 6 rings (SSSR count). The van der Waals surface area contributed by atoms with Gasteiger partial charge in [0.05, 0.1) is 17.6 Å². The number of pyridine rings is 1. The van der Waals surface area contributed by atoms with Gasteiger partial charge in [0, 0.05) is 55.9 Å². The molecule has 29 heavy (non-hydrogen) atoms. The summed E-state index contributed by atoms with van der Waals surface area (Å²) in [5.41, 5.74) is 2.16. The summed E-state index contributed by atoms with van der Waals surface area (Å²) in [6.07, 6.45) is 2.52. The van der Waals surface area contributed by atoms with Gasteiger partial charge in [-0.1, -0.05) is 12.1 Å². The van der Waals surface area contributed by atoms with Gasteiger partial charge in [0.15, 0.2) is 0 Å². The van der Waals surface area contributed by atoms with Crippen molar-refractivity contribution in [2.45, 2.75) is 44.0 Å². The van der Waals surface area contributed by atoms with Crippen LogP contribution in [0.4, 0.5) is 0 Å². The molecule has 4 atom stereocenters. The average molecular weight is 412 g/mol. The van der Waals surface area contributed by atoms with E-state index in [2.05, 4.69) is 11.0 Å². The zero-order chi connectivity index (χ0) is 19.5. The lowest BCUT2D eigenvalue weighted by atomic mass is 9.83. The van der Waals surface area contributed by atoms with Crippen molar-refractivity contribution in [3.63, 3.8) is 0 Å². The van der Waals surface area contributed by atoms with Crippen LogP contribution in [0.15, 0.2) is 34.4 Å². The third-order valence-electron chi connectivity index (χ3n) is 7.09. The summed E-state index contributed by atoms with van der Waals surface area (Å²) in [5.74, 6) is 0.743. The van der Waals surface area contributed by atoms with Gasteiger partial charge in [-0.15, -0.1) is 11.3 Å². The molecule has 7 heteroatoms. The number of piperidine rings is 1. The van der Waals surface area contributed by atoms with E-state index in [9.17, 15) is 9.59 Å². The molecular formula is C22H25N3O3S. The van der Waals surface area contributed by atoms with Gasteiger partial charge >= 0.3 is 0 Å². The molecular weight excluding hydrogens is 386 g/mol. The molecule has 0 radical (unpaired) electrons. The predicted molar refractivity (Wildman–Crippen MR) is 110 cm³/mol. The molecule has 152 valence electrons. The maximum absolute atomic E-state index is 13.3. The molecule has 0 aromatic carbocycles. The Kier molecular flexibility index (Phi) is 4.18. The largest absolute Gasteiger partial charge is 0.375 e. The number of hydrogen-bond acceptors (Lipinski definition) is 5. The van der Waals surface area contributed by atoms with Crippen molar-refractivity contribution in [3.8, 4) is 0 Å². The summed E-state index contributed by atoms with van der Waals surface area (Å²) >= 11 is 1.50. The van der Waals surface area contributed by atoms with E-state index in [1.165, 1.54) is 11.3 Å². The van der Waals surface area contributed by atoms with Crippen molar-refractivity contribution in [2.24, 2.45) is 5.92 Å². The van der Waals surface area contributed by atoms with Crippen LogP contribution >= 0.6 is 11.3 Å². The normalized spacial score (nSPS) is 30.6. The summed E-state index contributed by atoms with van der Waals surface area (Å²) in [5, 5.41) is 1.95. The predicted octanol–water partition coefficient (Wildman–Crippen LogP) is 2.14. The Labute approximate surface area is 173 Å². The highest BCUT2D eigenvalue weighted by Gasteiger charge is 2.40. The van der Waals surface area contributed by atoms with Gasteiger partial charge in [-0.25, -0.2) is 0 Å². The molecule has 0 N–H and O–H groups in total. The van der Waals surface area contributed by atoms with E-state index >= 15 is 0 Å². The van der Waals surface area contributed by atoms with Crippen LogP contribution in [0.1, 0.15) is 39.7 Å². The van der Waals surface area contributed by atoms with Crippen molar-refractivity contribution in [1.82, 2.24) is 14.4 Å². The second kappa shape index (κ2) is 6.79. The van der Waals surface area contributed by atoms with Crippen LogP contribution < -0.4 is 5.56 Å². The van der Waals surface area contributed by atoms with E-state index in [4.69, 9.17) is 4.74 Å². The second-order valence-corrected chi connectivity index (χ2v) is 9.91. The maximum atomic E-state index is 13.3. The first-order valence-corrected chi connectivity index (χ1v) is 11.4. The van der Waals surface area contributed by atoms with Crippen LogP contribution in [-0.4, -0.2) is 58.7 Å². The summed E-state index contributed by atoms with van der Waals surface area (Å²) in [7, 11) is 0. The number of thiophene rings is 1.